The van der Waals surface area contributed by atoms with Crippen LogP contribution in [-0.2, 0) is 4.79 Å². The van der Waals surface area contributed by atoms with E-state index in [4.69, 9.17) is 0 Å². The number of nitrogens with one attached hydrogen (secondary N) is 2. The maximum atomic E-state index is 11.2. The monoisotopic (exact) mass is 186 g/mol. The molecule has 1 aliphatic rings. The van der Waals surface area contributed by atoms with Gasteiger partial charge in [0.05, 0.1) is 12.1 Å². The van der Waals surface area contributed by atoms with Crippen molar-refractivity contribution in [2.24, 2.45) is 5.92 Å². The minimum Gasteiger partial charge on any atom is -0.391 e. The van der Waals surface area contributed by atoms with E-state index in [0.29, 0.717) is 12.5 Å². The molecule has 0 radical (unpaired) electrons. The lowest BCUT2D eigenvalue weighted by Crippen LogP contribution is -2.43. The third-order valence-corrected chi connectivity index (χ3v) is 2.48. The lowest BCUT2D eigenvalue weighted by atomic mass is 10.2. The van der Waals surface area contributed by atoms with Gasteiger partial charge in [-0.2, -0.15) is 0 Å². The van der Waals surface area contributed by atoms with Gasteiger partial charge in [-0.15, -0.1) is 0 Å². The summed E-state index contributed by atoms with van der Waals surface area (Å²) in [6.45, 7) is 2.17. The molecule has 4 nitrogen and oxygen atoms in total. The first kappa shape index (κ1) is 10.5. The van der Waals surface area contributed by atoms with E-state index in [0.717, 1.165) is 12.8 Å². The van der Waals surface area contributed by atoms with Crippen molar-refractivity contribution in [1.82, 2.24) is 10.6 Å². The summed E-state index contributed by atoms with van der Waals surface area (Å²) >= 11 is 0. The van der Waals surface area contributed by atoms with E-state index in [9.17, 15) is 9.90 Å². The lowest BCUT2D eigenvalue weighted by Gasteiger charge is -2.13. The molecule has 0 bridgehead atoms. The van der Waals surface area contributed by atoms with Gasteiger partial charge in [0.15, 0.2) is 0 Å². The van der Waals surface area contributed by atoms with E-state index in [1.54, 1.807) is 14.0 Å². The van der Waals surface area contributed by atoms with Crippen molar-refractivity contribution >= 4 is 5.91 Å². The second kappa shape index (κ2) is 4.58. The molecular formula is C9H18N2O2. The normalized spacial score (nSPS) is 20.8. The molecule has 76 valence electrons. The van der Waals surface area contributed by atoms with Gasteiger partial charge in [0, 0.05) is 6.54 Å². The summed E-state index contributed by atoms with van der Waals surface area (Å²) in [6.07, 6.45) is 1.84. The van der Waals surface area contributed by atoms with Crippen LogP contribution in [0.15, 0.2) is 0 Å². The molecule has 3 N–H and O–H groups in total. The van der Waals surface area contributed by atoms with Crippen molar-refractivity contribution in [1.29, 1.82) is 0 Å². The van der Waals surface area contributed by atoms with Gasteiger partial charge >= 0.3 is 0 Å². The molecule has 1 amide bonds. The summed E-state index contributed by atoms with van der Waals surface area (Å²) in [7, 11) is 1.74. The standard InChI is InChI=1S/C9H18N2O2/c1-6(10-2)9(13)11-5-8(12)7-3-4-7/h6-8,10,12H,3-5H2,1-2H3,(H,11,13). The van der Waals surface area contributed by atoms with Crippen LogP contribution in [0.25, 0.3) is 0 Å². The number of hydrogen-bond acceptors (Lipinski definition) is 3. The molecule has 0 saturated heterocycles. The Balaban J connectivity index is 2.13. The Morgan fingerprint density at radius 2 is 2.23 bits per heavy atom. The predicted molar refractivity (Wildman–Crippen MR) is 50.3 cm³/mol. The zero-order valence-electron chi connectivity index (χ0n) is 8.21. The Labute approximate surface area is 78.7 Å². The zero-order valence-corrected chi connectivity index (χ0v) is 8.21. The molecule has 1 aliphatic carbocycles. The van der Waals surface area contributed by atoms with Gasteiger partial charge in [-0.1, -0.05) is 0 Å². The number of carbonyl (C=O) groups excluding carboxylic acids is 1. The van der Waals surface area contributed by atoms with Crippen LogP contribution < -0.4 is 10.6 Å². The molecule has 0 aromatic carbocycles. The van der Waals surface area contributed by atoms with E-state index >= 15 is 0 Å². The number of amides is 1. The average Bonchev–Trinajstić information content (AvgIpc) is 2.95. The third kappa shape index (κ3) is 3.32. The van der Waals surface area contributed by atoms with Crippen LogP contribution in [0.5, 0.6) is 0 Å². The van der Waals surface area contributed by atoms with E-state index in [1.807, 2.05) is 0 Å². The molecule has 1 saturated carbocycles. The second-order valence-electron chi connectivity index (χ2n) is 3.66. The van der Waals surface area contributed by atoms with Gasteiger partial charge in [0.1, 0.15) is 0 Å². The van der Waals surface area contributed by atoms with Crippen LogP contribution in [0.3, 0.4) is 0 Å². The van der Waals surface area contributed by atoms with E-state index < -0.39 is 0 Å². The van der Waals surface area contributed by atoms with Crippen molar-refractivity contribution < 1.29 is 9.90 Å². The van der Waals surface area contributed by atoms with Crippen LogP contribution in [0.2, 0.25) is 0 Å². The van der Waals surface area contributed by atoms with Gasteiger partial charge in [0.2, 0.25) is 5.91 Å². The van der Waals surface area contributed by atoms with E-state index in [1.165, 1.54) is 0 Å². The SMILES string of the molecule is CNC(C)C(=O)NCC(O)C1CC1. The zero-order chi connectivity index (χ0) is 9.84. The molecule has 1 fully saturated rings. The highest BCUT2D eigenvalue weighted by Crippen LogP contribution is 2.32. The van der Waals surface area contributed by atoms with Crippen LogP contribution in [0, 0.1) is 5.92 Å². The smallest absolute Gasteiger partial charge is 0.236 e. The van der Waals surface area contributed by atoms with Crippen LogP contribution in [0.4, 0.5) is 0 Å². The molecule has 0 spiro atoms. The molecule has 0 heterocycles. The third-order valence-electron chi connectivity index (χ3n) is 2.48. The molecule has 0 aromatic heterocycles. The maximum Gasteiger partial charge on any atom is 0.236 e. The molecule has 0 aliphatic heterocycles. The van der Waals surface area contributed by atoms with E-state index in [2.05, 4.69) is 10.6 Å². The van der Waals surface area contributed by atoms with Crippen molar-refractivity contribution in [3.8, 4) is 0 Å². The highest BCUT2D eigenvalue weighted by Gasteiger charge is 2.29. The Bertz CT molecular complexity index is 180. The van der Waals surface area contributed by atoms with Gasteiger partial charge < -0.3 is 15.7 Å². The number of aliphatic hydroxyl groups is 1. The number of rotatable bonds is 5. The fraction of sp³-hybridized carbons (Fsp3) is 0.889. The topological polar surface area (TPSA) is 61.4 Å². The summed E-state index contributed by atoms with van der Waals surface area (Å²) in [5.74, 6) is 0.368. The Kier molecular flexibility index (Phi) is 3.69. The van der Waals surface area contributed by atoms with Crippen molar-refractivity contribution in [3.05, 3.63) is 0 Å². The maximum absolute atomic E-state index is 11.2. The second-order valence-corrected chi connectivity index (χ2v) is 3.66. The van der Waals surface area contributed by atoms with Crippen LogP contribution in [0.1, 0.15) is 19.8 Å². The number of hydrogen-bond donors (Lipinski definition) is 3. The fourth-order valence-corrected chi connectivity index (χ4v) is 1.14. The van der Waals surface area contributed by atoms with Crippen molar-refractivity contribution in [3.63, 3.8) is 0 Å². The molecule has 13 heavy (non-hydrogen) atoms. The summed E-state index contributed by atoms with van der Waals surface area (Å²) < 4.78 is 0. The van der Waals surface area contributed by atoms with Gasteiger partial charge in [-0.05, 0) is 32.7 Å². The summed E-state index contributed by atoms with van der Waals surface area (Å²) in [6, 6.07) is -0.189. The lowest BCUT2D eigenvalue weighted by molar-refractivity contribution is -0.123. The first-order valence-corrected chi connectivity index (χ1v) is 4.78. The highest BCUT2D eigenvalue weighted by molar-refractivity contribution is 5.81. The molecular weight excluding hydrogens is 168 g/mol. The molecule has 1 rings (SSSR count). The largest absolute Gasteiger partial charge is 0.391 e. The van der Waals surface area contributed by atoms with Gasteiger partial charge in [-0.3, -0.25) is 4.79 Å². The summed E-state index contributed by atoms with van der Waals surface area (Å²) in [5, 5.41) is 15.0. The molecule has 2 atom stereocenters. The van der Waals surface area contributed by atoms with Crippen LogP contribution in [-0.4, -0.2) is 36.8 Å². The van der Waals surface area contributed by atoms with E-state index in [-0.39, 0.29) is 18.1 Å². The Morgan fingerprint density at radius 3 is 2.69 bits per heavy atom. The summed E-state index contributed by atoms with van der Waals surface area (Å²) in [4.78, 5) is 11.2. The highest BCUT2D eigenvalue weighted by atomic mass is 16.3. The Morgan fingerprint density at radius 1 is 1.62 bits per heavy atom. The van der Waals surface area contributed by atoms with Crippen LogP contribution >= 0.6 is 0 Å². The fourth-order valence-electron chi connectivity index (χ4n) is 1.14. The van der Waals surface area contributed by atoms with Gasteiger partial charge in [-0.25, -0.2) is 0 Å². The number of carbonyl (C=O) groups is 1. The quantitative estimate of drug-likeness (QED) is 0.541. The number of likely N-dealkylation sites (N-methyl/N-ethyl adjacent to an activating group) is 1. The molecule has 2 unspecified atom stereocenters. The molecule has 4 heteroatoms. The first-order chi connectivity index (χ1) is 6.15. The molecule has 0 aromatic rings. The first-order valence-electron chi connectivity index (χ1n) is 4.78. The minimum absolute atomic E-state index is 0.0535. The summed E-state index contributed by atoms with van der Waals surface area (Å²) in [5.41, 5.74) is 0. The minimum atomic E-state index is -0.354. The van der Waals surface area contributed by atoms with Gasteiger partial charge in [0.25, 0.3) is 0 Å². The predicted octanol–water partition coefficient (Wildman–Crippen LogP) is -0.519. The number of aliphatic hydroxyl groups excluding tert-OH is 1. The Hall–Kier alpha value is -0.610. The van der Waals surface area contributed by atoms with Crippen molar-refractivity contribution in [2.45, 2.75) is 31.9 Å². The van der Waals surface area contributed by atoms with Crippen molar-refractivity contribution in [2.75, 3.05) is 13.6 Å². The average molecular weight is 186 g/mol.